The van der Waals surface area contributed by atoms with Gasteiger partial charge in [-0.2, -0.15) is 47.9 Å². The van der Waals surface area contributed by atoms with E-state index in [1.165, 1.54) is 0 Å². The summed E-state index contributed by atoms with van der Waals surface area (Å²) in [6.45, 7) is 1.68. The molecule has 0 unspecified atom stereocenters. The zero-order valence-corrected chi connectivity index (χ0v) is 10.9. The highest BCUT2D eigenvalue weighted by Gasteiger charge is 2.86. The summed E-state index contributed by atoms with van der Waals surface area (Å²) in [5.74, 6) is -15.5. The van der Waals surface area contributed by atoms with E-state index in [9.17, 15) is 47.9 Å². The van der Waals surface area contributed by atoms with Gasteiger partial charge in [0.1, 0.15) is 5.76 Å². The molecule has 0 bridgehead atoms. The van der Waals surface area contributed by atoms with E-state index in [1.54, 1.807) is 0 Å². The van der Waals surface area contributed by atoms with Crippen LogP contribution in [0.15, 0.2) is 11.8 Å². The van der Waals surface area contributed by atoms with E-state index in [2.05, 4.69) is 4.18 Å². The first-order valence-corrected chi connectivity index (χ1v) is 6.13. The van der Waals surface area contributed by atoms with Gasteiger partial charge in [-0.3, -0.25) is 0 Å². The molecule has 13 heteroatoms. The van der Waals surface area contributed by atoms with Crippen LogP contribution in [0.3, 0.4) is 0 Å². The summed E-state index contributed by atoms with van der Waals surface area (Å²) in [5.41, 5.74) is 0. The highest BCUT2D eigenvalue weighted by molar-refractivity contribution is 7.88. The fourth-order valence-corrected chi connectivity index (χ4v) is 1.78. The van der Waals surface area contributed by atoms with Crippen LogP contribution in [0.25, 0.3) is 0 Å². The maximum absolute atomic E-state index is 13.0. The maximum atomic E-state index is 13.0. The fraction of sp³-hybridized carbons (Fsp3) is 0.750. The van der Waals surface area contributed by atoms with Gasteiger partial charge in [0.25, 0.3) is 0 Å². The van der Waals surface area contributed by atoms with Crippen LogP contribution in [0.2, 0.25) is 0 Å². The summed E-state index contributed by atoms with van der Waals surface area (Å²) < 4.78 is 137. The van der Waals surface area contributed by atoms with E-state index in [0.29, 0.717) is 13.0 Å². The van der Waals surface area contributed by atoms with Gasteiger partial charge in [0.15, 0.2) is 0 Å². The fourth-order valence-electron chi connectivity index (χ4n) is 0.791. The van der Waals surface area contributed by atoms with Gasteiger partial charge in [0.05, 0.1) is 0 Å². The zero-order chi connectivity index (χ0) is 17.5. The van der Waals surface area contributed by atoms with Gasteiger partial charge in [-0.15, -0.1) is 0 Å². The summed E-state index contributed by atoms with van der Waals surface area (Å²) >= 11 is 0. The molecule has 21 heavy (non-hydrogen) atoms. The first-order chi connectivity index (χ1) is 8.95. The predicted octanol–water partition coefficient (Wildman–Crippen LogP) is 3.68. The first kappa shape index (κ1) is 19.9. The lowest BCUT2D eigenvalue weighted by molar-refractivity contribution is -0.382. The zero-order valence-electron chi connectivity index (χ0n) is 10.1. The van der Waals surface area contributed by atoms with Crippen molar-refractivity contribution in [3.05, 3.63) is 11.8 Å². The lowest BCUT2D eigenvalue weighted by Crippen LogP contribution is -2.63. The number of hydrogen-bond donors (Lipinski definition) is 0. The van der Waals surface area contributed by atoms with Gasteiger partial charge >= 0.3 is 33.4 Å². The average molecular weight is 354 g/mol. The molecule has 0 aromatic carbocycles. The molecule has 0 aromatic heterocycles. The molecule has 0 atom stereocenters. The van der Waals surface area contributed by atoms with E-state index < -0.39 is 39.2 Å². The Kier molecular flexibility index (Phi) is 4.96. The Morgan fingerprint density at radius 2 is 1.29 bits per heavy atom. The van der Waals surface area contributed by atoms with Crippen LogP contribution in [0.1, 0.15) is 13.8 Å². The van der Waals surface area contributed by atoms with Gasteiger partial charge in [-0.05, 0) is 19.9 Å². The molecule has 0 heterocycles. The first-order valence-electron chi connectivity index (χ1n) is 4.73. The van der Waals surface area contributed by atoms with Crippen molar-refractivity contribution in [2.75, 3.05) is 0 Å². The van der Waals surface area contributed by atoms with Crippen molar-refractivity contribution in [2.24, 2.45) is 0 Å². The van der Waals surface area contributed by atoms with Crippen LogP contribution >= 0.6 is 0 Å². The van der Waals surface area contributed by atoms with Crippen LogP contribution in [-0.4, -0.2) is 31.7 Å². The van der Waals surface area contributed by atoms with Gasteiger partial charge in [-0.1, -0.05) is 0 Å². The molecule has 3 nitrogen and oxygen atoms in total. The second-order valence-electron chi connectivity index (χ2n) is 3.60. The highest BCUT2D eigenvalue weighted by Crippen LogP contribution is 2.55. The lowest BCUT2D eigenvalue weighted by atomic mass is 10.1. The molecule has 0 aliphatic carbocycles. The molecule has 0 N–H and O–H groups in total. The molecule has 126 valence electrons. The molecular weight excluding hydrogens is 347 g/mol. The van der Waals surface area contributed by atoms with Crippen LogP contribution in [0.4, 0.5) is 39.5 Å². The normalized spacial score (nSPS) is 16.0. The minimum Gasteiger partial charge on any atom is -0.383 e. The van der Waals surface area contributed by atoms with E-state index in [1.807, 2.05) is 0 Å². The summed E-state index contributed by atoms with van der Waals surface area (Å²) in [4.78, 5) is 0. The summed E-state index contributed by atoms with van der Waals surface area (Å²) in [6, 6.07) is 0. The molecule has 0 saturated heterocycles. The van der Waals surface area contributed by atoms with Crippen LogP contribution in [0.5, 0.6) is 0 Å². The van der Waals surface area contributed by atoms with Crippen molar-refractivity contribution in [3.63, 3.8) is 0 Å². The monoisotopic (exact) mass is 354 g/mol. The van der Waals surface area contributed by atoms with Gasteiger partial charge in [0, 0.05) is 0 Å². The molecule has 0 aromatic rings. The molecule has 0 aliphatic heterocycles. The predicted molar refractivity (Wildman–Crippen MR) is 50.3 cm³/mol. The van der Waals surface area contributed by atoms with E-state index in [4.69, 9.17) is 0 Å². The van der Waals surface area contributed by atoms with Crippen molar-refractivity contribution >= 4 is 10.1 Å². The minimum absolute atomic E-state index is 0.674. The van der Waals surface area contributed by atoms with Crippen molar-refractivity contribution in [1.82, 2.24) is 0 Å². The number of allylic oxidation sites excluding steroid dienone is 2. The molecule has 0 fully saturated rings. The average Bonchev–Trinajstić information content (AvgIpc) is 2.25. The molecule has 0 radical (unpaired) electrons. The van der Waals surface area contributed by atoms with Gasteiger partial charge < -0.3 is 4.18 Å². The van der Waals surface area contributed by atoms with E-state index in [-0.39, 0.29) is 0 Å². The van der Waals surface area contributed by atoms with Crippen molar-refractivity contribution in [3.8, 4) is 0 Å². The number of halogens is 9. The van der Waals surface area contributed by atoms with Crippen LogP contribution < -0.4 is 0 Å². The Morgan fingerprint density at radius 3 is 1.57 bits per heavy atom. The number of hydrogen-bond acceptors (Lipinski definition) is 3. The third-order valence-electron chi connectivity index (χ3n) is 2.08. The quantitative estimate of drug-likeness (QED) is 0.430. The van der Waals surface area contributed by atoms with Gasteiger partial charge in [-0.25, -0.2) is 0 Å². The Morgan fingerprint density at radius 1 is 0.905 bits per heavy atom. The van der Waals surface area contributed by atoms with E-state index in [0.717, 1.165) is 6.92 Å². The molecule has 0 saturated carbocycles. The summed E-state index contributed by atoms with van der Waals surface area (Å²) in [7, 11) is -6.80. The number of rotatable bonds is 5. The second-order valence-corrected chi connectivity index (χ2v) is 5.19. The lowest BCUT2D eigenvalue weighted by Gasteiger charge is -2.32. The van der Waals surface area contributed by atoms with Gasteiger partial charge in [0.2, 0.25) is 0 Å². The molecular formula is C8H7F9O3S. The standard InChI is InChI=1S/C8H7F9O3S/c1-3-4(2)20-21(18,19)8(16,17)6(11,12)5(9,10)7(13,14)15/h3H,1-2H3/b4-3+. The summed E-state index contributed by atoms with van der Waals surface area (Å²) in [5, 5.41) is -6.83. The third kappa shape index (κ3) is 3.06. The SMILES string of the molecule is C/C=C(\C)OS(=O)(=O)C(F)(F)C(F)(F)C(F)(F)C(F)(F)F. The summed E-state index contributed by atoms with van der Waals surface area (Å²) in [6.07, 6.45) is -6.43. The van der Waals surface area contributed by atoms with E-state index >= 15 is 0 Å². The topological polar surface area (TPSA) is 43.4 Å². The van der Waals surface area contributed by atoms with Crippen LogP contribution in [0, 0.1) is 0 Å². The van der Waals surface area contributed by atoms with Crippen molar-refractivity contribution < 1.29 is 52.1 Å². The Labute approximate surface area is 112 Å². The molecule has 0 spiro atoms. The minimum atomic E-state index is -7.30. The van der Waals surface area contributed by atoms with Crippen molar-refractivity contribution in [2.45, 2.75) is 37.1 Å². The molecule has 0 aliphatic rings. The highest BCUT2D eigenvalue weighted by atomic mass is 32.2. The van der Waals surface area contributed by atoms with Crippen molar-refractivity contribution in [1.29, 1.82) is 0 Å². The Bertz CT molecular complexity index is 518. The maximum Gasteiger partial charge on any atom is 0.460 e. The third-order valence-corrected chi connectivity index (χ3v) is 3.44. The Balaban J connectivity index is 6.02. The molecule has 0 amide bonds. The Hall–Kier alpha value is -1.14. The molecule has 0 rings (SSSR count). The van der Waals surface area contributed by atoms with Crippen LogP contribution in [-0.2, 0) is 14.3 Å². The second kappa shape index (κ2) is 5.25. The largest absolute Gasteiger partial charge is 0.460 e. The smallest absolute Gasteiger partial charge is 0.383 e. The number of alkyl halides is 9.